The Morgan fingerprint density at radius 3 is 2.61 bits per heavy atom. The first kappa shape index (κ1) is 22.3. The van der Waals surface area contributed by atoms with Crippen molar-refractivity contribution in [3.8, 4) is 0 Å². The lowest BCUT2D eigenvalue weighted by Crippen LogP contribution is -2.35. The number of hydrogen-bond donors (Lipinski definition) is 0. The van der Waals surface area contributed by atoms with Crippen molar-refractivity contribution in [3.63, 3.8) is 0 Å². The Hall–Kier alpha value is -1.86. The largest absolute Gasteiger partial charge is 0.376 e. The number of nitrogens with zero attached hydrogens (tertiary/aromatic N) is 4. The zero-order chi connectivity index (χ0) is 21.6. The van der Waals surface area contributed by atoms with Crippen molar-refractivity contribution in [1.82, 2.24) is 14.8 Å². The smallest absolute Gasteiger partial charge is 0.228 e. The molecule has 31 heavy (non-hydrogen) atoms. The van der Waals surface area contributed by atoms with Crippen LogP contribution < -0.4 is 4.90 Å². The van der Waals surface area contributed by atoms with Crippen molar-refractivity contribution in [3.05, 3.63) is 35.4 Å². The predicted molar refractivity (Wildman–Crippen MR) is 125 cm³/mol. The van der Waals surface area contributed by atoms with Gasteiger partial charge >= 0.3 is 0 Å². The molecule has 2 fully saturated rings. The molecule has 1 unspecified atom stereocenters. The molecule has 1 atom stereocenters. The van der Waals surface area contributed by atoms with E-state index in [2.05, 4.69) is 45.6 Å². The van der Waals surface area contributed by atoms with Crippen LogP contribution in [0.3, 0.4) is 0 Å². The van der Waals surface area contributed by atoms with Crippen LogP contribution in [0, 0.1) is 5.92 Å². The van der Waals surface area contributed by atoms with Gasteiger partial charge in [0, 0.05) is 25.3 Å². The average molecular weight is 443 g/mol. The van der Waals surface area contributed by atoms with Crippen LogP contribution in [-0.4, -0.2) is 52.1 Å². The van der Waals surface area contributed by atoms with Gasteiger partial charge in [-0.3, -0.25) is 9.36 Å². The number of Topliss-reactive ketones (excluding diaryl/α,β-unsaturated/α-hetero) is 1. The number of aromatic nitrogens is 3. The van der Waals surface area contributed by atoms with E-state index in [-0.39, 0.29) is 11.9 Å². The second-order valence-electron chi connectivity index (χ2n) is 8.86. The molecule has 7 heteroatoms. The summed E-state index contributed by atoms with van der Waals surface area (Å²) in [6, 6.07) is 8.03. The molecule has 3 heterocycles. The first-order valence-electron chi connectivity index (χ1n) is 11.7. The summed E-state index contributed by atoms with van der Waals surface area (Å²) in [6.07, 6.45) is 6.92. The minimum Gasteiger partial charge on any atom is -0.376 e. The highest BCUT2D eigenvalue weighted by Gasteiger charge is 2.26. The van der Waals surface area contributed by atoms with Gasteiger partial charge in [0.05, 0.1) is 18.4 Å². The molecule has 2 aliphatic rings. The Bertz CT molecular complexity index is 853. The van der Waals surface area contributed by atoms with Gasteiger partial charge in [0.15, 0.2) is 10.9 Å². The lowest BCUT2D eigenvalue weighted by atomic mass is 10.00. The molecule has 2 saturated heterocycles. The Kier molecular flexibility index (Phi) is 7.67. The second kappa shape index (κ2) is 10.6. The summed E-state index contributed by atoms with van der Waals surface area (Å²) < 4.78 is 8.08. The van der Waals surface area contributed by atoms with Crippen LogP contribution in [0.25, 0.3) is 0 Å². The summed E-state index contributed by atoms with van der Waals surface area (Å²) in [7, 11) is 0. The maximum Gasteiger partial charge on any atom is 0.228 e. The number of thioether (sulfide) groups is 1. The highest BCUT2D eigenvalue weighted by Crippen LogP contribution is 2.28. The third-order valence-corrected chi connectivity index (χ3v) is 7.29. The minimum atomic E-state index is 0.132. The molecule has 0 N–H and O–H groups in total. The Morgan fingerprint density at radius 2 is 1.94 bits per heavy atom. The molecule has 0 bridgehead atoms. The summed E-state index contributed by atoms with van der Waals surface area (Å²) in [5, 5.41) is 9.84. The van der Waals surface area contributed by atoms with Crippen LogP contribution >= 0.6 is 11.8 Å². The van der Waals surface area contributed by atoms with Crippen LogP contribution in [-0.2, 0) is 17.7 Å². The fraction of sp³-hybridized carbons (Fsp3) is 0.625. The molecule has 2 aromatic rings. The number of carbonyl (C=O) groups excluding carboxylic acids is 1. The van der Waals surface area contributed by atoms with Gasteiger partial charge in [-0.1, -0.05) is 56.3 Å². The van der Waals surface area contributed by atoms with E-state index < -0.39 is 0 Å². The fourth-order valence-corrected chi connectivity index (χ4v) is 5.18. The predicted octanol–water partition coefficient (Wildman–Crippen LogP) is 4.62. The molecule has 1 aromatic heterocycles. The normalized spacial score (nSPS) is 19.8. The molecule has 2 aliphatic heterocycles. The van der Waals surface area contributed by atoms with Crippen LogP contribution in [0.1, 0.15) is 61.9 Å². The molecule has 0 amide bonds. The lowest BCUT2D eigenvalue weighted by molar-refractivity contribution is 0.0951. The molecule has 168 valence electrons. The van der Waals surface area contributed by atoms with Gasteiger partial charge in [-0.15, -0.1) is 10.2 Å². The molecule has 4 rings (SSSR count). The van der Waals surface area contributed by atoms with E-state index in [1.54, 1.807) is 0 Å². The van der Waals surface area contributed by atoms with Gasteiger partial charge in [0.1, 0.15) is 0 Å². The van der Waals surface area contributed by atoms with Crippen LogP contribution in [0.5, 0.6) is 0 Å². The summed E-state index contributed by atoms with van der Waals surface area (Å²) in [4.78, 5) is 15.1. The van der Waals surface area contributed by atoms with Gasteiger partial charge in [-0.2, -0.15) is 0 Å². The molecule has 0 aliphatic carbocycles. The van der Waals surface area contributed by atoms with Crippen LogP contribution in [0.4, 0.5) is 5.95 Å². The first-order valence-corrected chi connectivity index (χ1v) is 12.7. The van der Waals surface area contributed by atoms with Crippen molar-refractivity contribution in [2.24, 2.45) is 5.92 Å². The number of ether oxygens (including phenoxy) is 1. The summed E-state index contributed by atoms with van der Waals surface area (Å²) in [5.41, 5.74) is 2.05. The quantitative estimate of drug-likeness (QED) is 0.417. The lowest BCUT2D eigenvalue weighted by Gasteiger charge is -2.31. The van der Waals surface area contributed by atoms with E-state index in [1.807, 2.05) is 12.1 Å². The number of anilines is 1. The molecule has 1 aromatic carbocycles. The third-order valence-electron chi connectivity index (χ3n) is 6.32. The maximum atomic E-state index is 12.8. The highest BCUT2D eigenvalue weighted by atomic mass is 32.2. The zero-order valence-electron chi connectivity index (χ0n) is 18.8. The van der Waals surface area contributed by atoms with Crippen molar-refractivity contribution >= 4 is 23.5 Å². The minimum absolute atomic E-state index is 0.132. The Balaban J connectivity index is 1.45. The van der Waals surface area contributed by atoms with Crippen LogP contribution in [0.2, 0.25) is 0 Å². The van der Waals surface area contributed by atoms with E-state index in [0.29, 0.717) is 5.75 Å². The second-order valence-corrected chi connectivity index (χ2v) is 9.80. The van der Waals surface area contributed by atoms with E-state index in [4.69, 9.17) is 4.74 Å². The zero-order valence-corrected chi connectivity index (χ0v) is 19.6. The molecular weight excluding hydrogens is 408 g/mol. The number of rotatable bonds is 9. The molecular formula is C24H34N4O2S. The van der Waals surface area contributed by atoms with E-state index in [1.165, 1.54) is 30.2 Å². The van der Waals surface area contributed by atoms with Gasteiger partial charge in [0.25, 0.3) is 0 Å². The van der Waals surface area contributed by atoms with Crippen molar-refractivity contribution in [2.75, 3.05) is 30.3 Å². The third kappa shape index (κ3) is 5.69. The SMILES string of the molecule is CCCc1ccc(C(=O)CSc2nnc(N3CCC(C)CC3)n2CC2CCCO2)cc1. The standard InChI is InChI=1S/C24H34N4O2S/c1-3-5-19-7-9-20(10-8-19)22(29)17-31-24-26-25-23(27-13-11-18(2)12-14-27)28(24)16-21-6-4-15-30-21/h7-10,18,21H,3-6,11-17H2,1-2H3. The number of carbonyl (C=O) groups is 1. The number of benzene rings is 1. The van der Waals surface area contributed by atoms with Crippen molar-refractivity contribution < 1.29 is 9.53 Å². The summed E-state index contributed by atoms with van der Waals surface area (Å²) >= 11 is 1.49. The number of piperidine rings is 1. The highest BCUT2D eigenvalue weighted by molar-refractivity contribution is 7.99. The van der Waals surface area contributed by atoms with E-state index in [0.717, 1.165) is 74.5 Å². The Morgan fingerprint density at radius 1 is 1.16 bits per heavy atom. The topological polar surface area (TPSA) is 60.2 Å². The molecule has 6 nitrogen and oxygen atoms in total. The Labute approximate surface area is 189 Å². The van der Waals surface area contributed by atoms with Gasteiger partial charge in [-0.05, 0) is 43.6 Å². The number of aryl methyl sites for hydroxylation is 1. The average Bonchev–Trinajstić information content (AvgIpc) is 3.44. The molecule has 0 spiro atoms. The van der Waals surface area contributed by atoms with Gasteiger partial charge in [-0.25, -0.2) is 0 Å². The van der Waals surface area contributed by atoms with Crippen molar-refractivity contribution in [1.29, 1.82) is 0 Å². The number of ketones is 1. The van der Waals surface area contributed by atoms with Crippen molar-refractivity contribution in [2.45, 2.75) is 70.2 Å². The fourth-order valence-electron chi connectivity index (χ4n) is 4.34. The molecule has 0 saturated carbocycles. The first-order chi connectivity index (χ1) is 15.1. The summed E-state index contributed by atoms with van der Waals surface area (Å²) in [5.74, 6) is 2.20. The van der Waals surface area contributed by atoms with Gasteiger partial charge in [0.2, 0.25) is 5.95 Å². The summed E-state index contributed by atoms with van der Waals surface area (Å²) in [6.45, 7) is 8.10. The maximum absolute atomic E-state index is 12.8. The monoisotopic (exact) mass is 442 g/mol. The van der Waals surface area contributed by atoms with Gasteiger partial charge < -0.3 is 9.64 Å². The van der Waals surface area contributed by atoms with E-state index in [9.17, 15) is 4.79 Å². The van der Waals surface area contributed by atoms with Crippen LogP contribution in [0.15, 0.2) is 29.4 Å². The van der Waals surface area contributed by atoms with E-state index >= 15 is 0 Å². The number of hydrogen-bond acceptors (Lipinski definition) is 6. The molecule has 0 radical (unpaired) electrons.